The highest BCUT2D eigenvalue weighted by Gasteiger charge is 2.28. The first-order valence-corrected chi connectivity index (χ1v) is 6.78. The van der Waals surface area contributed by atoms with Gasteiger partial charge in [-0.1, -0.05) is 0 Å². The topological polar surface area (TPSA) is 53.3 Å². The first-order chi connectivity index (χ1) is 8.43. The molecule has 0 unspecified atom stereocenters. The number of carbonyl (C=O) groups excluding carboxylic acids is 1. The highest BCUT2D eigenvalue weighted by molar-refractivity contribution is 5.75. The number of carbonyl (C=O) groups is 1. The van der Waals surface area contributed by atoms with Gasteiger partial charge in [0.05, 0.1) is 11.5 Å². The number of unbranched alkanes of at least 4 members (excludes halogenated alkanes) is 1. The van der Waals surface area contributed by atoms with Gasteiger partial charge in [-0.05, 0) is 52.4 Å². The molecular weight excluding hydrogens is 228 g/mol. The Labute approximate surface area is 110 Å². The minimum absolute atomic E-state index is 0.162. The third-order valence-corrected chi connectivity index (χ3v) is 3.30. The lowest BCUT2D eigenvalue weighted by Crippen LogP contribution is -2.38. The minimum atomic E-state index is -0.441. The third kappa shape index (κ3) is 5.05. The maximum Gasteiger partial charge on any atom is 0.330 e. The molecule has 0 aromatic heterocycles. The van der Waals surface area contributed by atoms with Crippen molar-refractivity contribution in [2.24, 2.45) is 11.3 Å². The van der Waals surface area contributed by atoms with E-state index in [1.807, 2.05) is 20.8 Å². The average Bonchev–Trinajstić information content (AvgIpc) is 2.30. The van der Waals surface area contributed by atoms with Crippen molar-refractivity contribution in [1.82, 2.24) is 5.06 Å². The van der Waals surface area contributed by atoms with Crippen LogP contribution in [0.1, 0.15) is 52.9 Å². The predicted octanol–water partition coefficient (Wildman–Crippen LogP) is 2.90. The third-order valence-electron chi connectivity index (χ3n) is 3.30. The molecule has 0 atom stereocenters. The Balaban J connectivity index is 2.23. The highest BCUT2D eigenvalue weighted by atomic mass is 16.7. The molecule has 0 radical (unpaired) electrons. The smallest absolute Gasteiger partial charge is 0.330 e. The van der Waals surface area contributed by atoms with Gasteiger partial charge in [0, 0.05) is 19.5 Å². The van der Waals surface area contributed by atoms with Gasteiger partial charge in [0.2, 0.25) is 0 Å². The van der Waals surface area contributed by atoms with E-state index in [4.69, 9.17) is 10.1 Å². The van der Waals surface area contributed by atoms with Gasteiger partial charge in [-0.25, -0.2) is 4.79 Å². The van der Waals surface area contributed by atoms with E-state index >= 15 is 0 Å². The summed E-state index contributed by atoms with van der Waals surface area (Å²) in [6, 6.07) is 2.18. The van der Waals surface area contributed by atoms with Gasteiger partial charge >= 0.3 is 5.97 Å². The summed E-state index contributed by atoms with van der Waals surface area (Å²) < 4.78 is 0. The van der Waals surface area contributed by atoms with Gasteiger partial charge in [-0.15, -0.1) is 5.06 Å². The molecule has 18 heavy (non-hydrogen) atoms. The molecule has 0 amide bonds. The quantitative estimate of drug-likeness (QED) is 0.722. The maximum atomic E-state index is 11.7. The van der Waals surface area contributed by atoms with E-state index in [0.717, 1.165) is 38.8 Å². The van der Waals surface area contributed by atoms with Crippen LogP contribution in [-0.2, 0) is 9.63 Å². The van der Waals surface area contributed by atoms with Crippen LogP contribution in [0.2, 0.25) is 0 Å². The van der Waals surface area contributed by atoms with Crippen molar-refractivity contribution >= 4 is 5.97 Å². The molecule has 0 saturated carbocycles. The summed E-state index contributed by atoms with van der Waals surface area (Å²) in [5.74, 6) is 0.522. The first kappa shape index (κ1) is 15.0. The van der Waals surface area contributed by atoms with E-state index in [1.54, 1.807) is 5.06 Å². The van der Waals surface area contributed by atoms with Crippen molar-refractivity contribution in [3.63, 3.8) is 0 Å². The lowest BCUT2D eigenvalue weighted by molar-refractivity contribution is -0.206. The van der Waals surface area contributed by atoms with Crippen LogP contribution in [-0.4, -0.2) is 24.1 Å². The van der Waals surface area contributed by atoms with Crippen molar-refractivity contribution < 1.29 is 9.63 Å². The molecule has 0 spiro atoms. The molecule has 0 aliphatic carbocycles. The molecular formula is C14H24N2O2. The van der Waals surface area contributed by atoms with Crippen LogP contribution in [0, 0.1) is 22.7 Å². The molecule has 102 valence electrons. The fraction of sp³-hybridized carbons (Fsp3) is 0.857. The van der Waals surface area contributed by atoms with Gasteiger partial charge < -0.3 is 4.84 Å². The second kappa shape index (κ2) is 6.75. The number of hydrogen-bond donors (Lipinski definition) is 0. The SMILES string of the molecule is CC(C)(C)C(=O)ON1CCC(CCCC#N)CC1. The molecule has 4 nitrogen and oxygen atoms in total. The van der Waals surface area contributed by atoms with E-state index in [0.29, 0.717) is 12.3 Å². The zero-order valence-electron chi connectivity index (χ0n) is 11.7. The first-order valence-electron chi connectivity index (χ1n) is 6.78. The van der Waals surface area contributed by atoms with Crippen molar-refractivity contribution in [2.75, 3.05) is 13.1 Å². The van der Waals surface area contributed by atoms with Crippen molar-refractivity contribution in [2.45, 2.75) is 52.9 Å². The maximum absolute atomic E-state index is 11.7. The Morgan fingerprint density at radius 2 is 2.00 bits per heavy atom. The summed E-state index contributed by atoms with van der Waals surface area (Å²) in [6.45, 7) is 7.23. The number of nitriles is 1. The van der Waals surface area contributed by atoms with Crippen LogP contribution in [0.25, 0.3) is 0 Å². The monoisotopic (exact) mass is 252 g/mol. The van der Waals surface area contributed by atoms with Crippen LogP contribution < -0.4 is 0 Å². The van der Waals surface area contributed by atoms with E-state index in [2.05, 4.69) is 6.07 Å². The molecule has 0 N–H and O–H groups in total. The molecule has 0 aromatic carbocycles. The summed E-state index contributed by atoms with van der Waals surface area (Å²) in [5.41, 5.74) is -0.441. The molecule has 1 aliphatic heterocycles. The standard InChI is InChI=1S/C14H24N2O2/c1-14(2,3)13(17)18-16-10-7-12(8-11-16)6-4-5-9-15/h12H,4-8,10-11H2,1-3H3. The molecule has 1 fully saturated rings. The average molecular weight is 252 g/mol. The highest BCUT2D eigenvalue weighted by Crippen LogP contribution is 2.24. The Hall–Kier alpha value is -1.08. The van der Waals surface area contributed by atoms with Crippen LogP contribution >= 0.6 is 0 Å². The van der Waals surface area contributed by atoms with Crippen molar-refractivity contribution in [3.8, 4) is 6.07 Å². The molecule has 1 aliphatic rings. The van der Waals surface area contributed by atoms with Crippen LogP contribution in [0.3, 0.4) is 0 Å². The fourth-order valence-corrected chi connectivity index (χ4v) is 2.01. The Morgan fingerprint density at radius 3 is 2.50 bits per heavy atom. The van der Waals surface area contributed by atoms with E-state index in [9.17, 15) is 4.79 Å². The number of hydrogen-bond acceptors (Lipinski definition) is 4. The zero-order valence-corrected chi connectivity index (χ0v) is 11.7. The minimum Gasteiger partial charge on any atom is -0.367 e. The summed E-state index contributed by atoms with van der Waals surface area (Å²) in [7, 11) is 0. The largest absolute Gasteiger partial charge is 0.367 e. The number of rotatable bonds is 4. The summed E-state index contributed by atoms with van der Waals surface area (Å²) >= 11 is 0. The second-order valence-electron chi connectivity index (χ2n) is 6.05. The summed E-state index contributed by atoms with van der Waals surface area (Å²) in [5, 5.41) is 10.3. The number of piperidine rings is 1. The van der Waals surface area contributed by atoms with E-state index < -0.39 is 5.41 Å². The lowest BCUT2D eigenvalue weighted by Gasteiger charge is -2.32. The van der Waals surface area contributed by atoms with Crippen LogP contribution in [0.15, 0.2) is 0 Å². The van der Waals surface area contributed by atoms with Gasteiger partial charge in [-0.2, -0.15) is 5.26 Å². The Morgan fingerprint density at radius 1 is 1.39 bits per heavy atom. The fourth-order valence-electron chi connectivity index (χ4n) is 2.01. The Kier molecular flexibility index (Phi) is 5.61. The molecule has 1 heterocycles. The predicted molar refractivity (Wildman–Crippen MR) is 69.3 cm³/mol. The van der Waals surface area contributed by atoms with Gasteiger partial charge in [0.15, 0.2) is 0 Å². The van der Waals surface area contributed by atoms with Crippen molar-refractivity contribution in [3.05, 3.63) is 0 Å². The van der Waals surface area contributed by atoms with Crippen LogP contribution in [0.5, 0.6) is 0 Å². The number of hydroxylamine groups is 2. The molecule has 0 bridgehead atoms. The Bertz CT molecular complexity index is 307. The second-order valence-corrected chi connectivity index (χ2v) is 6.05. The summed E-state index contributed by atoms with van der Waals surface area (Å²) in [4.78, 5) is 17.1. The number of nitrogens with zero attached hydrogens (tertiary/aromatic N) is 2. The molecule has 0 aromatic rings. The molecule has 4 heteroatoms. The summed E-state index contributed by atoms with van der Waals surface area (Å²) in [6.07, 6.45) is 4.88. The molecule has 1 saturated heterocycles. The van der Waals surface area contributed by atoms with Gasteiger partial charge in [0.1, 0.15) is 0 Å². The molecule has 1 rings (SSSR count). The zero-order chi connectivity index (χ0) is 13.6. The van der Waals surface area contributed by atoms with Gasteiger partial charge in [0.25, 0.3) is 0 Å². The van der Waals surface area contributed by atoms with E-state index in [-0.39, 0.29) is 5.97 Å². The normalized spacial score (nSPS) is 18.3. The van der Waals surface area contributed by atoms with Gasteiger partial charge in [-0.3, -0.25) is 0 Å². The lowest BCUT2D eigenvalue weighted by atomic mass is 9.92. The van der Waals surface area contributed by atoms with E-state index in [1.165, 1.54) is 0 Å². The van der Waals surface area contributed by atoms with Crippen molar-refractivity contribution in [1.29, 1.82) is 5.26 Å². The van der Waals surface area contributed by atoms with Crippen LogP contribution in [0.4, 0.5) is 0 Å².